The molecule has 0 amide bonds. The van der Waals surface area contributed by atoms with Crippen LogP contribution < -0.4 is 0 Å². The molecule has 0 aliphatic carbocycles. The number of rotatable bonds is 5. The fourth-order valence-electron chi connectivity index (χ4n) is 1.09. The van der Waals surface area contributed by atoms with Gasteiger partial charge < -0.3 is 0 Å². The SMILES string of the molecule is C/C=C\C(SSc1ccccc1Cl)=C(\Cl)CC. The van der Waals surface area contributed by atoms with Crippen molar-refractivity contribution in [1.82, 2.24) is 0 Å². The van der Waals surface area contributed by atoms with Crippen LogP contribution in [0.1, 0.15) is 20.3 Å². The Morgan fingerprint density at radius 2 is 2.06 bits per heavy atom. The van der Waals surface area contributed by atoms with Crippen LogP contribution in [0.15, 0.2) is 51.3 Å². The molecular weight excluding hydrogens is 291 g/mol. The molecule has 0 heterocycles. The summed E-state index contributed by atoms with van der Waals surface area (Å²) in [5.41, 5.74) is 0. The molecule has 0 aliphatic heterocycles. The Balaban J connectivity index is 2.75. The van der Waals surface area contributed by atoms with E-state index in [4.69, 9.17) is 23.2 Å². The molecule has 0 nitrogen and oxygen atoms in total. The van der Waals surface area contributed by atoms with Crippen molar-refractivity contribution in [1.29, 1.82) is 0 Å². The minimum atomic E-state index is 0.775. The normalized spacial score (nSPS) is 12.9. The first kappa shape index (κ1) is 15.0. The quantitative estimate of drug-likeness (QED) is 0.449. The summed E-state index contributed by atoms with van der Waals surface area (Å²) in [5, 5.41) is 1.66. The van der Waals surface area contributed by atoms with Crippen LogP contribution in [0.5, 0.6) is 0 Å². The molecule has 17 heavy (non-hydrogen) atoms. The third kappa shape index (κ3) is 5.01. The van der Waals surface area contributed by atoms with Crippen LogP contribution in [0.25, 0.3) is 0 Å². The van der Waals surface area contributed by atoms with Gasteiger partial charge in [0.25, 0.3) is 0 Å². The number of benzene rings is 1. The Hall–Kier alpha value is -0.0200. The second-order valence-electron chi connectivity index (χ2n) is 3.22. The smallest absolute Gasteiger partial charge is 0.0550 e. The van der Waals surface area contributed by atoms with Crippen LogP contribution in [0, 0.1) is 0 Å². The van der Waals surface area contributed by atoms with Crippen molar-refractivity contribution in [2.45, 2.75) is 25.2 Å². The number of halogens is 2. The lowest BCUT2D eigenvalue weighted by Gasteiger charge is -2.05. The zero-order valence-electron chi connectivity index (χ0n) is 9.74. The van der Waals surface area contributed by atoms with Crippen LogP contribution >= 0.6 is 44.8 Å². The molecule has 0 saturated heterocycles. The maximum absolute atomic E-state index is 6.18. The van der Waals surface area contributed by atoms with Gasteiger partial charge in [-0.25, -0.2) is 0 Å². The van der Waals surface area contributed by atoms with E-state index in [0.717, 1.165) is 26.3 Å². The summed E-state index contributed by atoms with van der Waals surface area (Å²) < 4.78 is 0. The van der Waals surface area contributed by atoms with Crippen LogP contribution in [0.2, 0.25) is 5.02 Å². The number of allylic oxidation sites excluding steroid dienone is 3. The van der Waals surface area contributed by atoms with Gasteiger partial charge in [0, 0.05) is 14.8 Å². The molecular formula is C13H14Cl2S2. The maximum atomic E-state index is 6.18. The van der Waals surface area contributed by atoms with E-state index in [-0.39, 0.29) is 0 Å². The molecule has 92 valence electrons. The van der Waals surface area contributed by atoms with Crippen molar-refractivity contribution in [3.8, 4) is 0 Å². The molecule has 0 unspecified atom stereocenters. The van der Waals surface area contributed by atoms with E-state index in [1.807, 2.05) is 50.3 Å². The van der Waals surface area contributed by atoms with Crippen LogP contribution in [-0.2, 0) is 0 Å². The molecule has 0 spiro atoms. The van der Waals surface area contributed by atoms with Crippen molar-refractivity contribution in [2.75, 3.05) is 0 Å². The highest BCUT2D eigenvalue weighted by molar-refractivity contribution is 8.78. The van der Waals surface area contributed by atoms with Gasteiger partial charge in [0.2, 0.25) is 0 Å². The van der Waals surface area contributed by atoms with E-state index >= 15 is 0 Å². The molecule has 1 aromatic carbocycles. The predicted octanol–water partition coefficient (Wildman–Crippen LogP) is 6.52. The highest BCUT2D eigenvalue weighted by Gasteiger charge is 2.05. The summed E-state index contributed by atoms with van der Waals surface area (Å²) in [4.78, 5) is 2.14. The molecule has 4 heteroatoms. The maximum Gasteiger partial charge on any atom is 0.0550 e. The Morgan fingerprint density at radius 3 is 2.65 bits per heavy atom. The lowest BCUT2D eigenvalue weighted by atomic mass is 10.4. The third-order valence-corrected chi connectivity index (χ3v) is 5.49. The highest BCUT2D eigenvalue weighted by Crippen LogP contribution is 2.42. The van der Waals surface area contributed by atoms with Crippen molar-refractivity contribution < 1.29 is 0 Å². The second-order valence-corrected chi connectivity index (χ2v) is 6.30. The monoisotopic (exact) mass is 304 g/mol. The van der Waals surface area contributed by atoms with Gasteiger partial charge in [0.15, 0.2) is 0 Å². The average molecular weight is 305 g/mol. The van der Waals surface area contributed by atoms with Crippen LogP contribution in [-0.4, -0.2) is 0 Å². The van der Waals surface area contributed by atoms with Gasteiger partial charge in [-0.2, -0.15) is 0 Å². The van der Waals surface area contributed by atoms with Gasteiger partial charge in [-0.3, -0.25) is 0 Å². The van der Waals surface area contributed by atoms with Gasteiger partial charge >= 0.3 is 0 Å². The first-order valence-electron chi connectivity index (χ1n) is 5.29. The Bertz CT molecular complexity index is 425. The Kier molecular flexibility index (Phi) is 7.21. The Morgan fingerprint density at radius 1 is 1.35 bits per heavy atom. The van der Waals surface area contributed by atoms with Gasteiger partial charge in [0.1, 0.15) is 0 Å². The first-order chi connectivity index (χ1) is 8.19. The zero-order valence-corrected chi connectivity index (χ0v) is 12.9. The lowest BCUT2D eigenvalue weighted by Crippen LogP contribution is -1.76. The summed E-state index contributed by atoms with van der Waals surface area (Å²) in [6, 6.07) is 7.81. The molecule has 0 aliphatic rings. The summed E-state index contributed by atoms with van der Waals surface area (Å²) in [6.45, 7) is 4.03. The molecule has 1 rings (SSSR count). The fourth-order valence-corrected chi connectivity index (χ4v) is 4.13. The standard InChI is InChI=1S/C13H14Cl2S2/c1-3-7-12(10(14)4-2)16-17-13-9-6-5-8-11(13)15/h3,5-9H,4H2,1-2H3/b7-3-,12-10-. The highest BCUT2D eigenvalue weighted by atomic mass is 35.5. The van der Waals surface area contributed by atoms with Crippen LogP contribution in [0.4, 0.5) is 0 Å². The number of hydrogen-bond donors (Lipinski definition) is 0. The summed E-state index contributed by atoms with van der Waals surface area (Å²) in [6.07, 6.45) is 4.87. The average Bonchev–Trinajstić information content (AvgIpc) is 2.35. The summed E-state index contributed by atoms with van der Waals surface area (Å²) in [7, 11) is 3.27. The molecule has 0 radical (unpaired) electrons. The van der Waals surface area contributed by atoms with Gasteiger partial charge in [-0.05, 0) is 25.5 Å². The molecule has 0 bridgehead atoms. The summed E-state index contributed by atoms with van der Waals surface area (Å²) in [5.74, 6) is 0. The van der Waals surface area contributed by atoms with Crippen molar-refractivity contribution in [3.63, 3.8) is 0 Å². The molecule has 0 N–H and O–H groups in total. The van der Waals surface area contributed by atoms with Gasteiger partial charge in [-0.1, -0.05) is 76.0 Å². The van der Waals surface area contributed by atoms with Crippen LogP contribution in [0.3, 0.4) is 0 Å². The van der Waals surface area contributed by atoms with Gasteiger partial charge in [0.05, 0.1) is 5.02 Å². The van der Waals surface area contributed by atoms with Crippen molar-refractivity contribution >= 4 is 44.8 Å². The molecule has 0 fully saturated rings. The van der Waals surface area contributed by atoms with Crippen molar-refractivity contribution in [3.05, 3.63) is 51.4 Å². The van der Waals surface area contributed by atoms with E-state index < -0.39 is 0 Å². The predicted molar refractivity (Wildman–Crippen MR) is 82.9 cm³/mol. The van der Waals surface area contributed by atoms with E-state index in [9.17, 15) is 0 Å². The fraction of sp³-hybridized carbons (Fsp3) is 0.231. The largest absolute Gasteiger partial charge is 0.0879 e. The van der Waals surface area contributed by atoms with E-state index in [1.54, 1.807) is 21.6 Å². The lowest BCUT2D eigenvalue weighted by molar-refractivity contribution is 1.19. The van der Waals surface area contributed by atoms with E-state index in [0.29, 0.717) is 0 Å². The summed E-state index contributed by atoms with van der Waals surface area (Å²) >= 11 is 12.3. The number of hydrogen-bond acceptors (Lipinski definition) is 2. The molecule has 0 saturated carbocycles. The van der Waals surface area contributed by atoms with Gasteiger partial charge in [-0.15, -0.1) is 0 Å². The molecule has 0 aromatic heterocycles. The third-order valence-electron chi connectivity index (χ3n) is 1.95. The van der Waals surface area contributed by atoms with E-state index in [2.05, 4.69) is 0 Å². The van der Waals surface area contributed by atoms with E-state index in [1.165, 1.54) is 0 Å². The minimum absolute atomic E-state index is 0.775. The first-order valence-corrected chi connectivity index (χ1v) is 8.20. The second kappa shape index (κ2) is 8.15. The zero-order chi connectivity index (χ0) is 12.7. The Labute approximate surface area is 121 Å². The minimum Gasteiger partial charge on any atom is -0.0879 e. The van der Waals surface area contributed by atoms with Crippen molar-refractivity contribution in [2.24, 2.45) is 0 Å². The molecule has 1 aromatic rings. The molecule has 0 atom stereocenters. The topological polar surface area (TPSA) is 0 Å².